The Kier molecular flexibility index (Phi) is 4.64. The minimum atomic E-state index is -0.401. The van der Waals surface area contributed by atoms with Crippen molar-refractivity contribution in [2.24, 2.45) is 0 Å². The lowest BCUT2D eigenvalue weighted by Crippen LogP contribution is -2.42. The van der Waals surface area contributed by atoms with Gasteiger partial charge in [-0.15, -0.1) is 0 Å². The zero-order valence-corrected chi connectivity index (χ0v) is 11.7. The first kappa shape index (κ1) is 13.0. The van der Waals surface area contributed by atoms with E-state index in [1.807, 2.05) is 25.7 Å². The number of hydrogen-bond acceptors (Lipinski definition) is 3. The van der Waals surface area contributed by atoms with E-state index in [4.69, 9.17) is 4.74 Å². The number of carbonyl (C=O) groups is 1. The molecule has 0 aliphatic carbocycles. The van der Waals surface area contributed by atoms with Crippen molar-refractivity contribution in [3.63, 3.8) is 0 Å². The predicted octanol–water partition coefficient (Wildman–Crippen LogP) is 2.33. The summed E-state index contributed by atoms with van der Waals surface area (Å²) in [5.74, 6) is 0. The normalized spacial score (nSPS) is 21.9. The minimum absolute atomic E-state index is 0.184. The number of carbonyl (C=O) groups excluding carboxylic acids is 1. The van der Waals surface area contributed by atoms with Gasteiger partial charge in [0.15, 0.2) is 0 Å². The Morgan fingerprint density at radius 3 is 2.80 bits per heavy atom. The Labute approximate surface area is 105 Å². The van der Waals surface area contributed by atoms with Gasteiger partial charge in [0.2, 0.25) is 0 Å². The molecule has 4 nitrogen and oxygen atoms in total. The highest BCUT2D eigenvalue weighted by atomic mass is 127. The molecule has 1 rings (SSSR count). The van der Waals surface area contributed by atoms with Crippen LogP contribution in [0.2, 0.25) is 0 Å². The molecule has 0 aromatic rings. The van der Waals surface area contributed by atoms with Crippen molar-refractivity contribution in [1.82, 2.24) is 8.43 Å². The Morgan fingerprint density at radius 1 is 1.60 bits per heavy atom. The second-order valence-electron chi connectivity index (χ2n) is 4.81. The van der Waals surface area contributed by atoms with E-state index in [0.717, 1.165) is 25.9 Å². The maximum Gasteiger partial charge on any atom is 0.410 e. The van der Waals surface area contributed by atoms with Gasteiger partial charge in [0.05, 0.1) is 0 Å². The monoisotopic (exact) mass is 326 g/mol. The highest BCUT2D eigenvalue weighted by molar-refractivity contribution is 14.1. The van der Waals surface area contributed by atoms with E-state index >= 15 is 0 Å². The molecule has 1 saturated heterocycles. The molecule has 1 unspecified atom stereocenters. The van der Waals surface area contributed by atoms with Crippen molar-refractivity contribution in [3.05, 3.63) is 0 Å². The predicted molar refractivity (Wildman–Crippen MR) is 68.0 cm³/mol. The van der Waals surface area contributed by atoms with Crippen LogP contribution in [-0.4, -0.2) is 35.7 Å². The van der Waals surface area contributed by atoms with E-state index in [1.54, 1.807) is 0 Å². The largest absolute Gasteiger partial charge is 0.444 e. The summed E-state index contributed by atoms with van der Waals surface area (Å²) in [5, 5.41) is 0. The zero-order valence-electron chi connectivity index (χ0n) is 9.55. The molecule has 0 saturated carbocycles. The zero-order chi connectivity index (χ0) is 11.5. The lowest BCUT2D eigenvalue weighted by Gasteiger charge is -2.28. The molecule has 0 aromatic heterocycles. The fourth-order valence-electron chi connectivity index (χ4n) is 1.70. The van der Waals surface area contributed by atoms with E-state index < -0.39 is 5.60 Å². The van der Waals surface area contributed by atoms with Crippen molar-refractivity contribution < 1.29 is 9.53 Å². The first-order valence-corrected chi connectivity index (χ1v) is 6.35. The van der Waals surface area contributed by atoms with Crippen molar-refractivity contribution >= 4 is 29.0 Å². The Morgan fingerprint density at radius 2 is 2.27 bits per heavy atom. The molecule has 1 amide bonds. The number of likely N-dealkylation sites (tertiary alicyclic amines) is 1. The average Bonchev–Trinajstić information content (AvgIpc) is 2.49. The van der Waals surface area contributed by atoms with Crippen LogP contribution < -0.4 is 3.53 Å². The number of rotatable bonds is 2. The highest BCUT2D eigenvalue weighted by Crippen LogP contribution is 2.20. The van der Waals surface area contributed by atoms with Gasteiger partial charge < -0.3 is 9.64 Å². The molecule has 1 fully saturated rings. The number of amides is 1. The van der Waals surface area contributed by atoms with Crippen molar-refractivity contribution in [2.75, 3.05) is 13.1 Å². The quantitative estimate of drug-likeness (QED) is 0.625. The molecule has 5 heteroatoms. The number of nitrogens with zero attached hydrogens (tertiary/aromatic N) is 1. The summed E-state index contributed by atoms with van der Waals surface area (Å²) in [7, 11) is 0. The molecule has 88 valence electrons. The van der Waals surface area contributed by atoms with E-state index in [-0.39, 0.29) is 12.1 Å². The summed E-state index contributed by atoms with van der Waals surface area (Å²) in [6, 6.07) is 0.289. The molecule has 0 spiro atoms. The van der Waals surface area contributed by atoms with E-state index in [0.29, 0.717) is 0 Å². The van der Waals surface area contributed by atoms with Crippen LogP contribution in [0.3, 0.4) is 0 Å². The number of ether oxygens (including phenoxy) is 1. The standard InChI is InChI=1S/C10H19IN2O2/c1-10(2,3)15-9(14)13-6-4-5-8(13)7-12-11/h8,12H,4-7H2,1-3H3. The first-order chi connectivity index (χ1) is 6.94. The Hall–Kier alpha value is -0.0400. The molecular weight excluding hydrogens is 307 g/mol. The topological polar surface area (TPSA) is 41.6 Å². The molecular formula is C10H19IN2O2. The summed E-state index contributed by atoms with van der Waals surface area (Å²) in [6.07, 6.45) is 1.95. The van der Waals surface area contributed by atoms with Crippen LogP contribution in [0.1, 0.15) is 33.6 Å². The van der Waals surface area contributed by atoms with Gasteiger partial charge in [0.25, 0.3) is 0 Å². The van der Waals surface area contributed by atoms with Gasteiger partial charge in [-0.05, 0) is 33.6 Å². The highest BCUT2D eigenvalue weighted by Gasteiger charge is 2.31. The molecule has 0 radical (unpaired) electrons. The maximum absolute atomic E-state index is 11.8. The first-order valence-electron chi connectivity index (χ1n) is 5.27. The van der Waals surface area contributed by atoms with Gasteiger partial charge in [-0.25, -0.2) is 4.79 Å². The van der Waals surface area contributed by atoms with Crippen LogP contribution in [0, 0.1) is 0 Å². The summed E-state index contributed by atoms with van der Waals surface area (Å²) < 4.78 is 8.43. The fraction of sp³-hybridized carbons (Fsp3) is 0.900. The van der Waals surface area contributed by atoms with Gasteiger partial charge in [0, 0.05) is 42.0 Å². The molecule has 1 aliphatic heterocycles. The van der Waals surface area contributed by atoms with E-state index in [9.17, 15) is 4.79 Å². The molecule has 1 heterocycles. The van der Waals surface area contributed by atoms with Crippen LogP contribution >= 0.6 is 22.9 Å². The second kappa shape index (κ2) is 5.34. The van der Waals surface area contributed by atoms with Crippen LogP contribution in [0.15, 0.2) is 0 Å². The molecule has 0 bridgehead atoms. The number of hydrogen-bond donors (Lipinski definition) is 1. The SMILES string of the molecule is CC(C)(C)OC(=O)N1CCCC1CNI. The Balaban J connectivity index is 2.51. The number of halogens is 1. The lowest BCUT2D eigenvalue weighted by molar-refractivity contribution is 0.0231. The van der Waals surface area contributed by atoms with Gasteiger partial charge in [-0.2, -0.15) is 0 Å². The number of nitrogens with one attached hydrogen (secondary N) is 1. The Bertz CT molecular complexity index is 228. The summed E-state index contributed by atoms with van der Waals surface area (Å²) in [4.78, 5) is 13.6. The summed E-state index contributed by atoms with van der Waals surface area (Å²) >= 11 is 2.11. The van der Waals surface area contributed by atoms with Crippen LogP contribution in [0.25, 0.3) is 0 Å². The van der Waals surface area contributed by atoms with E-state index in [1.165, 1.54) is 0 Å². The van der Waals surface area contributed by atoms with Gasteiger partial charge in [-0.1, -0.05) is 0 Å². The average molecular weight is 326 g/mol. The molecule has 1 aliphatic rings. The van der Waals surface area contributed by atoms with Gasteiger partial charge >= 0.3 is 6.09 Å². The maximum atomic E-state index is 11.8. The second-order valence-corrected chi connectivity index (χ2v) is 5.57. The third kappa shape index (κ3) is 4.14. The summed E-state index contributed by atoms with van der Waals surface area (Å²) in [5.41, 5.74) is -0.401. The third-order valence-corrected chi connectivity index (χ3v) is 2.76. The third-order valence-electron chi connectivity index (χ3n) is 2.32. The molecule has 15 heavy (non-hydrogen) atoms. The lowest BCUT2D eigenvalue weighted by atomic mass is 10.2. The van der Waals surface area contributed by atoms with Crippen LogP contribution in [-0.2, 0) is 4.74 Å². The van der Waals surface area contributed by atoms with Gasteiger partial charge in [0.1, 0.15) is 5.60 Å². The van der Waals surface area contributed by atoms with Crippen molar-refractivity contribution in [3.8, 4) is 0 Å². The van der Waals surface area contributed by atoms with Crippen LogP contribution in [0.4, 0.5) is 4.79 Å². The minimum Gasteiger partial charge on any atom is -0.444 e. The molecule has 1 atom stereocenters. The fourth-order valence-corrected chi connectivity index (χ4v) is 2.21. The van der Waals surface area contributed by atoms with E-state index in [2.05, 4.69) is 26.4 Å². The van der Waals surface area contributed by atoms with Gasteiger partial charge in [-0.3, -0.25) is 3.53 Å². The summed E-state index contributed by atoms with van der Waals surface area (Å²) in [6.45, 7) is 7.34. The van der Waals surface area contributed by atoms with Crippen LogP contribution in [0.5, 0.6) is 0 Å². The molecule has 0 aromatic carbocycles. The van der Waals surface area contributed by atoms with Crippen molar-refractivity contribution in [2.45, 2.75) is 45.3 Å². The molecule has 1 N–H and O–H groups in total. The smallest absolute Gasteiger partial charge is 0.410 e. The van der Waals surface area contributed by atoms with Crippen molar-refractivity contribution in [1.29, 1.82) is 0 Å².